The van der Waals surface area contributed by atoms with Crippen molar-refractivity contribution in [2.24, 2.45) is 0 Å². The number of hydrogen-bond donors (Lipinski definition) is 12. The Morgan fingerprint density at radius 1 is 0.379 bits per heavy atom. The fourth-order valence-electron chi connectivity index (χ4n) is 12.9. The van der Waals surface area contributed by atoms with Crippen LogP contribution >= 0.6 is 0 Å². The molecule has 0 saturated carbocycles. The van der Waals surface area contributed by atoms with Crippen LogP contribution in [0.3, 0.4) is 0 Å². The van der Waals surface area contributed by atoms with E-state index in [4.69, 9.17) is 28.4 Å². The van der Waals surface area contributed by atoms with Gasteiger partial charge in [0.25, 0.3) is 0 Å². The topological polar surface area (TPSA) is 307 Å². The lowest BCUT2D eigenvalue weighted by molar-refractivity contribution is -0.379. The lowest BCUT2D eigenvalue weighted by Crippen LogP contribution is -2.66. The molecule has 1 amide bonds. The predicted molar refractivity (Wildman–Crippen MR) is 374 cm³/mol. The summed E-state index contributed by atoms with van der Waals surface area (Å²) in [4.78, 5) is 13.4. The molecular weight excluding hydrogens is 1210 g/mol. The van der Waals surface area contributed by atoms with Gasteiger partial charge in [0.05, 0.1) is 38.6 Å². The van der Waals surface area contributed by atoms with E-state index in [0.29, 0.717) is 12.8 Å². The van der Waals surface area contributed by atoms with Gasteiger partial charge in [0.15, 0.2) is 18.9 Å². The van der Waals surface area contributed by atoms with E-state index in [1.807, 2.05) is 6.08 Å². The second-order valence-corrected chi connectivity index (χ2v) is 27.5. The van der Waals surface area contributed by atoms with Gasteiger partial charge in [-0.15, -0.1) is 0 Å². The lowest BCUT2D eigenvalue weighted by Gasteiger charge is -2.48. The summed E-state index contributed by atoms with van der Waals surface area (Å²) in [5.74, 6) is -0.285. The van der Waals surface area contributed by atoms with Gasteiger partial charge in [-0.25, -0.2) is 0 Å². The Balaban J connectivity index is 1.42. The SMILES string of the molecule is CCCCCCC/C=C\C/C=C\CCCCCCCCCCCCCC(=O)NC(COC1OC(CO)C(OC2OC(CO)C(OC3OC(CO)C(O)C(O)C3O)C(O)C2O)C(O)C1O)C(O)/C=C/CC/C=C/CCCCCCCCCCCCCCCCCCCCCCC. The van der Waals surface area contributed by atoms with Crippen LogP contribution in [0.4, 0.5) is 0 Å². The monoisotopic (exact) mass is 1350 g/mol. The quantitative estimate of drug-likeness (QED) is 0.0199. The van der Waals surface area contributed by atoms with Crippen LogP contribution in [-0.4, -0.2) is 193 Å². The van der Waals surface area contributed by atoms with Crippen molar-refractivity contribution in [1.29, 1.82) is 0 Å². The van der Waals surface area contributed by atoms with Crippen LogP contribution in [0.1, 0.15) is 296 Å². The van der Waals surface area contributed by atoms with E-state index in [1.54, 1.807) is 6.08 Å². The molecule has 3 aliphatic heterocycles. The zero-order valence-corrected chi connectivity index (χ0v) is 59.2. The number of carbonyl (C=O) groups excluding carboxylic acids is 1. The highest BCUT2D eigenvalue weighted by Crippen LogP contribution is 2.33. The Morgan fingerprint density at radius 2 is 0.705 bits per heavy atom. The number of nitrogens with one attached hydrogen (secondary N) is 1. The number of aliphatic hydroxyl groups excluding tert-OH is 11. The third kappa shape index (κ3) is 38.4. The van der Waals surface area contributed by atoms with E-state index in [9.17, 15) is 61.0 Å². The van der Waals surface area contributed by atoms with Crippen LogP contribution in [0.25, 0.3) is 0 Å². The highest BCUT2D eigenvalue weighted by molar-refractivity contribution is 5.76. The number of unbranched alkanes of at least 4 members (excludes halogenated alkanes) is 38. The van der Waals surface area contributed by atoms with Crippen LogP contribution in [0.2, 0.25) is 0 Å². The van der Waals surface area contributed by atoms with Gasteiger partial charge in [-0.3, -0.25) is 4.79 Å². The summed E-state index contributed by atoms with van der Waals surface area (Å²) in [6.45, 7) is 1.74. The molecule has 0 radical (unpaired) electrons. The van der Waals surface area contributed by atoms with Gasteiger partial charge < -0.3 is 89.9 Å². The minimum atomic E-state index is -1.98. The molecule has 0 aromatic heterocycles. The molecule has 3 fully saturated rings. The van der Waals surface area contributed by atoms with Crippen LogP contribution in [0.5, 0.6) is 0 Å². The van der Waals surface area contributed by atoms with Gasteiger partial charge >= 0.3 is 0 Å². The summed E-state index contributed by atoms with van der Waals surface area (Å²) < 4.78 is 34.4. The Morgan fingerprint density at radius 3 is 1.12 bits per heavy atom. The molecule has 0 aliphatic carbocycles. The molecule has 12 N–H and O–H groups in total. The van der Waals surface area contributed by atoms with Gasteiger partial charge in [-0.1, -0.05) is 274 Å². The van der Waals surface area contributed by atoms with Crippen LogP contribution < -0.4 is 5.32 Å². The first-order valence-corrected chi connectivity index (χ1v) is 38.4. The molecular formula is C76H139NO18. The zero-order chi connectivity index (χ0) is 68.9. The third-order valence-electron chi connectivity index (χ3n) is 19.1. The largest absolute Gasteiger partial charge is 0.394 e. The van der Waals surface area contributed by atoms with Gasteiger partial charge in [0.1, 0.15) is 73.2 Å². The summed E-state index contributed by atoms with van der Waals surface area (Å²) in [5, 5.41) is 121. The minimum absolute atomic E-state index is 0.233. The van der Waals surface area contributed by atoms with Crippen molar-refractivity contribution in [2.45, 2.75) is 401 Å². The third-order valence-corrected chi connectivity index (χ3v) is 19.1. The van der Waals surface area contributed by atoms with E-state index in [-0.39, 0.29) is 18.9 Å². The van der Waals surface area contributed by atoms with Crippen LogP contribution in [-0.2, 0) is 33.2 Å². The zero-order valence-electron chi connectivity index (χ0n) is 59.2. The maximum absolute atomic E-state index is 13.4. The fourth-order valence-corrected chi connectivity index (χ4v) is 12.9. The lowest BCUT2D eigenvalue weighted by atomic mass is 9.96. The number of aliphatic hydroxyl groups is 11. The second-order valence-electron chi connectivity index (χ2n) is 27.5. The van der Waals surface area contributed by atoms with Gasteiger partial charge in [0.2, 0.25) is 5.91 Å². The number of hydrogen-bond acceptors (Lipinski definition) is 18. The molecule has 0 spiro atoms. The Labute approximate surface area is 573 Å². The maximum atomic E-state index is 13.4. The normalized spacial score (nSPS) is 27.4. The number of amides is 1. The van der Waals surface area contributed by atoms with Crippen molar-refractivity contribution in [3.63, 3.8) is 0 Å². The average molecular weight is 1350 g/mol. The Bertz CT molecular complexity index is 1910. The van der Waals surface area contributed by atoms with Gasteiger partial charge in [-0.2, -0.15) is 0 Å². The Kier molecular flexibility index (Phi) is 52.5. The number of ether oxygens (including phenoxy) is 6. The average Bonchev–Trinajstić information content (AvgIpc) is 0.787. The van der Waals surface area contributed by atoms with Crippen molar-refractivity contribution in [3.05, 3.63) is 48.6 Å². The first kappa shape index (κ1) is 87.0. The number of allylic oxidation sites excluding steroid dienone is 7. The van der Waals surface area contributed by atoms with E-state index >= 15 is 0 Å². The standard InChI is InChI=1S/C76H139NO18/c1-3-5-7-9-11-13-15-17-19-21-23-25-27-28-29-30-32-33-35-37-39-41-43-45-47-49-51-53-60(81)59(77-64(82)54-52-50-48-46-44-42-40-38-36-34-31-26-24-22-20-18-16-14-12-10-8-6-4-2)58-90-74-70(88)67(85)72(62(56-79)92-74)95-76-71(89)68(86)73(63(57-80)93-76)94-75-69(87)66(84)65(83)61(55-78)91-75/h16,18,22,24,43,45,51,53,59-63,65-76,78-81,83-89H,3-15,17,19-21,23,25-42,44,46-50,52,54-58H2,1-2H3,(H,77,82)/b18-16-,24-22-,45-43+,53-51+. The maximum Gasteiger partial charge on any atom is 0.220 e. The molecule has 0 bridgehead atoms. The Hall–Kier alpha value is -2.25. The minimum Gasteiger partial charge on any atom is -0.394 e. The molecule has 3 heterocycles. The summed E-state index contributed by atoms with van der Waals surface area (Å²) in [6, 6.07) is -0.993. The molecule has 0 aromatic carbocycles. The van der Waals surface area contributed by atoms with Crippen molar-refractivity contribution in [3.8, 4) is 0 Å². The van der Waals surface area contributed by atoms with E-state index < -0.39 is 124 Å². The molecule has 3 saturated heterocycles. The van der Waals surface area contributed by atoms with Crippen molar-refractivity contribution < 1.29 is 89.4 Å². The van der Waals surface area contributed by atoms with Gasteiger partial charge in [0, 0.05) is 6.42 Å². The molecule has 17 unspecified atom stereocenters. The molecule has 3 aliphatic rings. The molecule has 19 nitrogen and oxygen atoms in total. The van der Waals surface area contributed by atoms with Crippen molar-refractivity contribution in [1.82, 2.24) is 5.32 Å². The van der Waals surface area contributed by atoms with Crippen LogP contribution in [0.15, 0.2) is 48.6 Å². The summed E-state index contributed by atoms with van der Waals surface area (Å²) in [7, 11) is 0. The summed E-state index contributed by atoms with van der Waals surface area (Å²) in [5.41, 5.74) is 0. The van der Waals surface area contributed by atoms with Gasteiger partial charge in [-0.05, 0) is 64.2 Å². The van der Waals surface area contributed by atoms with Crippen molar-refractivity contribution >= 4 is 5.91 Å². The molecule has 556 valence electrons. The summed E-state index contributed by atoms with van der Waals surface area (Å²) in [6.07, 6.45) is 43.8. The summed E-state index contributed by atoms with van der Waals surface area (Å²) >= 11 is 0. The van der Waals surface area contributed by atoms with Crippen LogP contribution in [0, 0.1) is 0 Å². The first-order chi connectivity index (χ1) is 46.3. The molecule has 95 heavy (non-hydrogen) atoms. The first-order valence-electron chi connectivity index (χ1n) is 38.4. The van der Waals surface area contributed by atoms with E-state index in [0.717, 1.165) is 51.4 Å². The van der Waals surface area contributed by atoms with E-state index in [2.05, 4.69) is 55.6 Å². The predicted octanol–water partition coefficient (Wildman–Crippen LogP) is 11.7. The number of rotatable bonds is 60. The highest BCUT2D eigenvalue weighted by Gasteiger charge is 2.53. The molecule has 17 atom stereocenters. The number of carbonyl (C=O) groups is 1. The molecule has 19 heteroatoms. The highest BCUT2D eigenvalue weighted by atomic mass is 16.8. The second kappa shape index (κ2) is 57.4. The molecule has 0 aromatic rings. The smallest absolute Gasteiger partial charge is 0.220 e. The molecule has 3 rings (SSSR count). The fraction of sp³-hybridized carbons (Fsp3) is 0.882. The van der Waals surface area contributed by atoms with Crippen molar-refractivity contribution in [2.75, 3.05) is 26.4 Å². The van der Waals surface area contributed by atoms with E-state index in [1.165, 1.54) is 212 Å².